The van der Waals surface area contributed by atoms with Crippen LogP contribution in [-0.4, -0.2) is 19.9 Å². The van der Waals surface area contributed by atoms with Crippen LogP contribution in [0.3, 0.4) is 0 Å². The number of hydrogen-bond donors (Lipinski definition) is 1. The zero-order chi connectivity index (χ0) is 5.70. The Hall–Kier alpha value is -0.0231. The fraction of sp³-hybridized carbons (Fsp3) is 0.667. The van der Waals surface area contributed by atoms with Gasteiger partial charge < -0.3 is 5.11 Å². The highest BCUT2D eigenvalue weighted by Crippen LogP contribution is 1.88. The van der Waals surface area contributed by atoms with Gasteiger partial charge in [0.15, 0.2) is 0 Å². The van der Waals surface area contributed by atoms with E-state index in [9.17, 15) is 4.79 Å². The first kappa shape index (κ1) is 6.98. The van der Waals surface area contributed by atoms with Gasteiger partial charge in [-0.1, -0.05) is 0 Å². The first-order chi connectivity index (χ1) is 3.27. The van der Waals surface area contributed by atoms with E-state index in [0.29, 0.717) is 6.04 Å². The minimum Gasteiger partial charge on any atom is -0.481 e. The molecule has 0 saturated carbocycles. The van der Waals surface area contributed by atoms with Gasteiger partial charge in [-0.05, 0) is 6.04 Å². The van der Waals surface area contributed by atoms with E-state index in [0.717, 1.165) is 0 Å². The van der Waals surface area contributed by atoms with Crippen LogP contribution in [0.5, 0.6) is 0 Å². The molecule has 0 aliphatic carbocycles. The van der Waals surface area contributed by atoms with Crippen LogP contribution < -0.4 is 0 Å². The summed E-state index contributed by atoms with van der Waals surface area (Å²) >= 11 is 5.32. The Morgan fingerprint density at radius 1 is 1.86 bits per heavy atom. The number of carboxylic acids is 1. The van der Waals surface area contributed by atoms with Crippen molar-refractivity contribution in [1.29, 1.82) is 0 Å². The number of aliphatic carboxylic acids is 1. The van der Waals surface area contributed by atoms with Gasteiger partial charge in [0.05, 0.1) is 0 Å². The largest absolute Gasteiger partial charge is 0.481 e. The summed E-state index contributed by atoms with van der Waals surface area (Å²) in [5, 5.41) is 8.01. The average Bonchev–Trinajstić information content (AvgIpc) is 1.61. The van der Waals surface area contributed by atoms with Crippen LogP contribution in [0, 0.1) is 0 Å². The maximum Gasteiger partial charge on any atom is 0.303 e. The molecule has 0 aromatic rings. The average molecular weight is 139 g/mol. The molecule has 7 heavy (non-hydrogen) atoms. The Morgan fingerprint density at radius 2 is 2.43 bits per heavy atom. The highest BCUT2D eigenvalue weighted by molar-refractivity contribution is 6.93. The lowest BCUT2D eigenvalue weighted by atomic mass is 10.5. The zero-order valence-corrected chi connectivity index (χ0v) is 6.02. The van der Waals surface area contributed by atoms with Gasteiger partial charge in [-0.3, -0.25) is 4.79 Å². The van der Waals surface area contributed by atoms with E-state index in [1.807, 2.05) is 0 Å². The van der Waals surface area contributed by atoms with Gasteiger partial charge >= 0.3 is 5.97 Å². The quantitative estimate of drug-likeness (QED) is 0.447. The van der Waals surface area contributed by atoms with Gasteiger partial charge in [0.25, 0.3) is 0 Å². The summed E-state index contributed by atoms with van der Waals surface area (Å²) in [5.74, 6) is -0.742. The lowest BCUT2D eigenvalue weighted by Gasteiger charge is -1.83. The van der Waals surface area contributed by atoms with E-state index in [1.54, 1.807) is 0 Å². The summed E-state index contributed by atoms with van der Waals surface area (Å²) in [6.45, 7) is 0. The predicted octanol–water partition coefficient (Wildman–Crippen LogP) is 0.202. The molecule has 0 fully saturated rings. The first-order valence-electron chi connectivity index (χ1n) is 2.05. The molecule has 4 heteroatoms. The van der Waals surface area contributed by atoms with Crippen molar-refractivity contribution in [1.82, 2.24) is 0 Å². The SMILES string of the molecule is O=C(O)CC[SiH2]Cl. The molecule has 0 aliphatic rings. The number of carbonyl (C=O) groups is 1. The second-order valence-corrected chi connectivity index (χ2v) is 3.41. The van der Waals surface area contributed by atoms with Crippen LogP contribution in [-0.2, 0) is 4.79 Å². The third kappa shape index (κ3) is 5.98. The molecular formula is C3H7ClO2Si. The van der Waals surface area contributed by atoms with Gasteiger partial charge in [0, 0.05) is 6.42 Å². The van der Waals surface area contributed by atoms with Crippen LogP contribution >= 0.6 is 11.1 Å². The highest BCUT2D eigenvalue weighted by Gasteiger charge is 1.92. The minimum absolute atomic E-state index is 0.246. The van der Waals surface area contributed by atoms with Crippen molar-refractivity contribution >= 4 is 25.9 Å². The second kappa shape index (κ2) is 4.14. The topological polar surface area (TPSA) is 37.3 Å². The maximum absolute atomic E-state index is 9.72. The summed E-state index contributed by atoms with van der Waals surface area (Å²) in [7, 11) is -0.537. The van der Waals surface area contributed by atoms with Gasteiger partial charge in [-0.2, -0.15) is 11.1 Å². The minimum atomic E-state index is -0.742. The van der Waals surface area contributed by atoms with E-state index in [-0.39, 0.29) is 6.42 Å². The Morgan fingerprint density at radius 3 is 2.57 bits per heavy atom. The van der Waals surface area contributed by atoms with Crippen LogP contribution in [0.2, 0.25) is 6.04 Å². The summed E-state index contributed by atoms with van der Waals surface area (Å²) in [6, 6.07) is 0.705. The molecule has 0 aromatic carbocycles. The lowest BCUT2D eigenvalue weighted by molar-refractivity contribution is -0.136. The van der Waals surface area contributed by atoms with Gasteiger partial charge in [-0.15, -0.1) is 0 Å². The monoisotopic (exact) mass is 138 g/mol. The molecule has 0 heterocycles. The van der Waals surface area contributed by atoms with Crippen molar-refractivity contribution < 1.29 is 9.90 Å². The molecule has 0 radical (unpaired) electrons. The first-order valence-corrected chi connectivity index (χ1v) is 5.19. The van der Waals surface area contributed by atoms with Crippen LogP contribution in [0.4, 0.5) is 0 Å². The van der Waals surface area contributed by atoms with Gasteiger partial charge in [-0.25, -0.2) is 0 Å². The molecule has 1 N–H and O–H groups in total. The van der Waals surface area contributed by atoms with E-state index in [1.165, 1.54) is 0 Å². The molecule has 0 atom stereocenters. The third-order valence-corrected chi connectivity index (χ3v) is 1.95. The van der Waals surface area contributed by atoms with Crippen molar-refractivity contribution in [3.05, 3.63) is 0 Å². The predicted molar refractivity (Wildman–Crippen MR) is 31.5 cm³/mol. The molecule has 0 saturated heterocycles. The molecule has 0 unspecified atom stereocenters. The Kier molecular flexibility index (Phi) is 4.13. The fourth-order valence-corrected chi connectivity index (χ4v) is 1.06. The van der Waals surface area contributed by atoms with Crippen molar-refractivity contribution in [2.45, 2.75) is 12.5 Å². The number of rotatable bonds is 3. The molecule has 42 valence electrons. The Balaban J connectivity index is 2.82. The second-order valence-electron chi connectivity index (χ2n) is 1.19. The highest BCUT2D eigenvalue weighted by atomic mass is 35.6. The summed E-state index contributed by atoms with van der Waals surface area (Å²) in [6.07, 6.45) is 0.246. The van der Waals surface area contributed by atoms with Crippen LogP contribution in [0.1, 0.15) is 6.42 Å². The zero-order valence-electron chi connectivity index (χ0n) is 3.85. The van der Waals surface area contributed by atoms with Gasteiger partial charge in [0.1, 0.15) is 8.83 Å². The molecule has 0 amide bonds. The number of halogens is 1. The molecule has 0 bridgehead atoms. The summed E-state index contributed by atoms with van der Waals surface area (Å²) in [5.41, 5.74) is 0. The van der Waals surface area contributed by atoms with Crippen molar-refractivity contribution in [2.75, 3.05) is 0 Å². The standard InChI is InChI=1S/C3H7ClO2Si/c4-7-2-1-3(5)6/h1-2,7H2,(H,5,6). The van der Waals surface area contributed by atoms with Crippen molar-refractivity contribution in [3.8, 4) is 0 Å². The molecule has 0 rings (SSSR count). The molecule has 0 aliphatic heterocycles. The Labute approximate surface area is 49.0 Å². The summed E-state index contributed by atoms with van der Waals surface area (Å²) in [4.78, 5) is 9.72. The lowest BCUT2D eigenvalue weighted by Crippen LogP contribution is -1.93. The molecule has 2 nitrogen and oxygen atoms in total. The van der Waals surface area contributed by atoms with Crippen LogP contribution in [0.25, 0.3) is 0 Å². The van der Waals surface area contributed by atoms with E-state index in [2.05, 4.69) is 0 Å². The van der Waals surface area contributed by atoms with E-state index < -0.39 is 14.8 Å². The van der Waals surface area contributed by atoms with E-state index >= 15 is 0 Å². The molecule has 0 aromatic heterocycles. The van der Waals surface area contributed by atoms with Crippen LogP contribution in [0.15, 0.2) is 0 Å². The van der Waals surface area contributed by atoms with E-state index in [4.69, 9.17) is 16.2 Å². The number of carboxylic acid groups (broad SMARTS) is 1. The van der Waals surface area contributed by atoms with Crippen molar-refractivity contribution in [2.24, 2.45) is 0 Å². The maximum atomic E-state index is 9.72. The smallest absolute Gasteiger partial charge is 0.303 e. The Bertz CT molecular complexity index is 66.0. The molecular weight excluding hydrogens is 132 g/mol. The number of hydrogen-bond acceptors (Lipinski definition) is 1. The summed E-state index contributed by atoms with van der Waals surface area (Å²) < 4.78 is 0. The third-order valence-electron chi connectivity index (χ3n) is 0.524. The van der Waals surface area contributed by atoms with Crippen molar-refractivity contribution in [3.63, 3.8) is 0 Å². The fourth-order valence-electron chi connectivity index (χ4n) is 0.218. The van der Waals surface area contributed by atoms with Gasteiger partial charge in [0.2, 0.25) is 0 Å². The normalized spacial score (nSPS) is 10.4. The molecule has 0 spiro atoms.